The van der Waals surface area contributed by atoms with Gasteiger partial charge in [0.15, 0.2) is 11.5 Å². The summed E-state index contributed by atoms with van der Waals surface area (Å²) in [5.74, 6) is 0.817. The van der Waals surface area contributed by atoms with Gasteiger partial charge in [0.05, 0.1) is 6.61 Å². The highest BCUT2D eigenvalue weighted by molar-refractivity contribution is 5.93. The summed E-state index contributed by atoms with van der Waals surface area (Å²) in [6.07, 6.45) is 12.3. The van der Waals surface area contributed by atoms with Gasteiger partial charge in [-0.25, -0.2) is 0 Å². The van der Waals surface area contributed by atoms with Gasteiger partial charge < -0.3 is 4.74 Å². The van der Waals surface area contributed by atoms with Crippen molar-refractivity contribution in [1.82, 2.24) is 0 Å². The third kappa shape index (κ3) is 5.34. The van der Waals surface area contributed by atoms with Gasteiger partial charge in [-0.05, 0) is 12.5 Å². The lowest BCUT2D eigenvalue weighted by atomic mass is 10.1. The number of carbonyl (C=O) groups excluding carboxylic acids is 1. The summed E-state index contributed by atoms with van der Waals surface area (Å²) in [7, 11) is 0. The normalized spacial score (nSPS) is 14.7. The molecule has 0 saturated carbocycles. The summed E-state index contributed by atoms with van der Waals surface area (Å²) >= 11 is 0. The Morgan fingerprint density at radius 1 is 1.19 bits per heavy atom. The first-order valence-electron chi connectivity index (χ1n) is 6.70. The molecule has 0 fully saturated rings. The number of unbranched alkanes of at least 4 members (excludes halogenated alkanes) is 6. The number of carbonyl (C=O) groups is 1. The van der Waals surface area contributed by atoms with Crippen molar-refractivity contribution in [2.45, 2.75) is 64.7 Å². The Labute approximate surface area is 99.1 Å². The summed E-state index contributed by atoms with van der Waals surface area (Å²) in [5.41, 5.74) is 0. The van der Waals surface area contributed by atoms with Crippen molar-refractivity contribution in [2.75, 3.05) is 6.61 Å². The molecule has 2 nitrogen and oxygen atoms in total. The SMILES string of the molecule is CCCCCCCCCC(=O)C1=CCCO1. The van der Waals surface area contributed by atoms with Crippen molar-refractivity contribution in [1.29, 1.82) is 0 Å². The van der Waals surface area contributed by atoms with E-state index in [9.17, 15) is 4.79 Å². The van der Waals surface area contributed by atoms with Crippen LogP contribution in [0.4, 0.5) is 0 Å². The molecule has 1 heterocycles. The van der Waals surface area contributed by atoms with Crippen LogP contribution in [0.25, 0.3) is 0 Å². The minimum Gasteiger partial charge on any atom is -0.490 e. The Balaban J connectivity index is 1.92. The van der Waals surface area contributed by atoms with Crippen LogP contribution in [-0.4, -0.2) is 12.4 Å². The zero-order valence-corrected chi connectivity index (χ0v) is 10.5. The summed E-state index contributed by atoms with van der Waals surface area (Å²) in [4.78, 5) is 11.6. The van der Waals surface area contributed by atoms with Crippen LogP contribution in [0.3, 0.4) is 0 Å². The van der Waals surface area contributed by atoms with Crippen molar-refractivity contribution < 1.29 is 9.53 Å². The topological polar surface area (TPSA) is 26.3 Å². The van der Waals surface area contributed by atoms with Gasteiger partial charge in [0.1, 0.15) is 0 Å². The van der Waals surface area contributed by atoms with Gasteiger partial charge in [-0.15, -0.1) is 0 Å². The molecule has 0 aromatic carbocycles. The van der Waals surface area contributed by atoms with E-state index >= 15 is 0 Å². The Morgan fingerprint density at radius 3 is 2.50 bits per heavy atom. The van der Waals surface area contributed by atoms with Gasteiger partial charge in [-0.1, -0.05) is 45.4 Å². The molecule has 0 atom stereocenters. The molecule has 1 aliphatic rings. The molecule has 0 aromatic rings. The maximum absolute atomic E-state index is 11.6. The van der Waals surface area contributed by atoms with Gasteiger partial charge in [0.25, 0.3) is 0 Å². The number of hydrogen-bond donors (Lipinski definition) is 0. The molecular formula is C14H24O2. The Morgan fingerprint density at radius 2 is 1.88 bits per heavy atom. The second-order valence-electron chi connectivity index (χ2n) is 4.50. The molecule has 2 heteroatoms. The van der Waals surface area contributed by atoms with Crippen LogP contribution in [0, 0.1) is 0 Å². The molecule has 1 rings (SSSR count). The highest BCUT2D eigenvalue weighted by atomic mass is 16.5. The first-order chi connectivity index (χ1) is 7.84. The Hall–Kier alpha value is -0.790. The van der Waals surface area contributed by atoms with E-state index in [1.807, 2.05) is 6.08 Å². The fraction of sp³-hybridized carbons (Fsp3) is 0.786. The van der Waals surface area contributed by atoms with Crippen LogP contribution in [-0.2, 0) is 9.53 Å². The maximum atomic E-state index is 11.6. The molecule has 0 amide bonds. The first kappa shape index (κ1) is 13.3. The van der Waals surface area contributed by atoms with Gasteiger partial charge in [0.2, 0.25) is 0 Å². The van der Waals surface area contributed by atoms with Gasteiger partial charge in [-0.2, -0.15) is 0 Å². The number of ketones is 1. The van der Waals surface area contributed by atoms with E-state index in [2.05, 4.69) is 6.92 Å². The van der Waals surface area contributed by atoms with Gasteiger partial charge in [0, 0.05) is 12.8 Å². The third-order valence-corrected chi connectivity index (χ3v) is 2.99. The largest absolute Gasteiger partial charge is 0.490 e. The van der Waals surface area contributed by atoms with Crippen LogP contribution < -0.4 is 0 Å². The molecule has 16 heavy (non-hydrogen) atoms. The van der Waals surface area contributed by atoms with E-state index in [1.54, 1.807) is 0 Å². The number of ether oxygens (including phenoxy) is 1. The van der Waals surface area contributed by atoms with Crippen LogP contribution in [0.15, 0.2) is 11.8 Å². The van der Waals surface area contributed by atoms with E-state index in [1.165, 1.54) is 38.5 Å². The quantitative estimate of drug-likeness (QED) is 0.553. The van der Waals surface area contributed by atoms with Crippen LogP contribution in [0.2, 0.25) is 0 Å². The van der Waals surface area contributed by atoms with E-state index in [0.717, 1.165) is 12.8 Å². The summed E-state index contributed by atoms with van der Waals surface area (Å²) in [5, 5.41) is 0. The lowest BCUT2D eigenvalue weighted by Crippen LogP contribution is -2.02. The Kier molecular flexibility index (Phi) is 6.95. The van der Waals surface area contributed by atoms with Crippen molar-refractivity contribution in [3.8, 4) is 0 Å². The van der Waals surface area contributed by atoms with Crippen molar-refractivity contribution in [2.24, 2.45) is 0 Å². The molecule has 0 radical (unpaired) electrons. The summed E-state index contributed by atoms with van der Waals surface area (Å²) < 4.78 is 5.24. The summed E-state index contributed by atoms with van der Waals surface area (Å²) in [6, 6.07) is 0. The molecular weight excluding hydrogens is 200 g/mol. The van der Waals surface area contributed by atoms with E-state index in [0.29, 0.717) is 18.8 Å². The fourth-order valence-electron chi connectivity index (χ4n) is 1.98. The average molecular weight is 224 g/mol. The molecule has 92 valence electrons. The molecule has 0 aromatic heterocycles. The predicted octanol–water partition coefficient (Wildman–Crippen LogP) is 4.00. The molecule has 0 spiro atoms. The number of allylic oxidation sites excluding steroid dienone is 1. The minimum absolute atomic E-state index is 0.200. The summed E-state index contributed by atoms with van der Waals surface area (Å²) in [6.45, 7) is 2.92. The third-order valence-electron chi connectivity index (χ3n) is 2.99. The van der Waals surface area contributed by atoms with Crippen molar-refractivity contribution in [3.63, 3.8) is 0 Å². The highest BCUT2D eigenvalue weighted by Crippen LogP contribution is 2.15. The Bertz CT molecular complexity index is 231. The first-order valence-corrected chi connectivity index (χ1v) is 6.70. The second kappa shape index (κ2) is 8.37. The second-order valence-corrected chi connectivity index (χ2v) is 4.50. The van der Waals surface area contributed by atoms with Crippen LogP contribution in [0.5, 0.6) is 0 Å². The average Bonchev–Trinajstić information content (AvgIpc) is 2.81. The van der Waals surface area contributed by atoms with E-state index in [4.69, 9.17) is 4.74 Å². The standard InChI is InChI=1S/C14H24O2/c1-2-3-4-5-6-7-8-10-13(15)14-11-9-12-16-14/h11H,2-10,12H2,1H3. The smallest absolute Gasteiger partial charge is 0.197 e. The molecule has 0 unspecified atom stereocenters. The lowest BCUT2D eigenvalue weighted by Gasteiger charge is -2.03. The van der Waals surface area contributed by atoms with E-state index < -0.39 is 0 Å². The molecule has 0 N–H and O–H groups in total. The van der Waals surface area contributed by atoms with Gasteiger partial charge >= 0.3 is 0 Å². The van der Waals surface area contributed by atoms with Crippen LogP contribution in [0.1, 0.15) is 64.7 Å². The zero-order chi connectivity index (χ0) is 11.6. The highest BCUT2D eigenvalue weighted by Gasteiger charge is 2.13. The van der Waals surface area contributed by atoms with Crippen LogP contribution >= 0.6 is 0 Å². The minimum atomic E-state index is 0.200. The van der Waals surface area contributed by atoms with Gasteiger partial charge in [-0.3, -0.25) is 4.79 Å². The van der Waals surface area contributed by atoms with E-state index in [-0.39, 0.29) is 5.78 Å². The molecule has 0 saturated heterocycles. The molecule has 1 aliphatic heterocycles. The van der Waals surface area contributed by atoms with Crippen molar-refractivity contribution in [3.05, 3.63) is 11.8 Å². The predicted molar refractivity (Wildman–Crippen MR) is 66.3 cm³/mol. The number of rotatable bonds is 9. The number of hydrogen-bond acceptors (Lipinski definition) is 2. The molecule has 0 aliphatic carbocycles. The monoisotopic (exact) mass is 224 g/mol. The lowest BCUT2D eigenvalue weighted by molar-refractivity contribution is -0.118. The fourth-order valence-corrected chi connectivity index (χ4v) is 1.98. The maximum Gasteiger partial charge on any atom is 0.197 e. The number of Topliss-reactive ketones (excluding diaryl/α,β-unsaturated/α-hetero) is 1. The molecule has 0 bridgehead atoms. The van der Waals surface area contributed by atoms with Crippen molar-refractivity contribution >= 4 is 5.78 Å². The zero-order valence-electron chi connectivity index (χ0n) is 10.5.